The van der Waals surface area contributed by atoms with Crippen LogP contribution in [0.25, 0.3) is 10.4 Å². The Morgan fingerprint density at radius 3 is 2.38 bits per heavy atom. The van der Waals surface area contributed by atoms with E-state index < -0.39 is 5.97 Å². The molecule has 0 saturated heterocycles. The van der Waals surface area contributed by atoms with E-state index >= 15 is 0 Å². The highest BCUT2D eigenvalue weighted by Crippen LogP contribution is 2.47. The molecule has 112 valence electrons. The number of hydrogen-bond acceptors (Lipinski definition) is 6. The quantitative estimate of drug-likeness (QED) is 0.866. The summed E-state index contributed by atoms with van der Waals surface area (Å²) in [6.07, 6.45) is 0. The van der Waals surface area contributed by atoms with Gasteiger partial charge in [-0.3, -0.25) is 0 Å². The highest BCUT2D eigenvalue weighted by atomic mass is 79.9. The van der Waals surface area contributed by atoms with E-state index in [0.29, 0.717) is 31.6 Å². The van der Waals surface area contributed by atoms with Gasteiger partial charge in [0.1, 0.15) is 0 Å². The van der Waals surface area contributed by atoms with Crippen LogP contribution in [0.1, 0.15) is 10.5 Å². The van der Waals surface area contributed by atoms with Crippen LogP contribution >= 0.6 is 27.3 Å². The van der Waals surface area contributed by atoms with Crippen LogP contribution in [0, 0.1) is 0 Å². The molecular weight excluding hydrogens is 362 g/mol. The van der Waals surface area contributed by atoms with Crippen molar-refractivity contribution < 1.29 is 24.1 Å². The molecule has 0 spiro atoms. The molecule has 0 bridgehead atoms. The molecule has 0 aliphatic rings. The first-order valence-electron chi connectivity index (χ1n) is 5.72. The minimum Gasteiger partial charge on any atom is -0.493 e. The molecule has 0 atom stereocenters. The molecule has 1 heterocycles. The van der Waals surface area contributed by atoms with Crippen molar-refractivity contribution in [3.8, 4) is 27.7 Å². The molecule has 0 amide bonds. The first-order chi connectivity index (χ1) is 10.0. The number of carboxylic acid groups (broad SMARTS) is 1. The van der Waals surface area contributed by atoms with Gasteiger partial charge >= 0.3 is 5.97 Å². The maximum absolute atomic E-state index is 11.3. The fourth-order valence-corrected chi connectivity index (χ4v) is 3.37. The molecule has 1 aromatic carbocycles. The van der Waals surface area contributed by atoms with E-state index in [0.717, 1.165) is 0 Å². The van der Waals surface area contributed by atoms with E-state index in [-0.39, 0.29) is 5.69 Å². The number of methoxy groups -OCH3 is 3. The lowest BCUT2D eigenvalue weighted by Gasteiger charge is -2.15. The molecule has 0 aliphatic carbocycles. The second kappa shape index (κ2) is 6.31. The molecule has 1 N–H and O–H groups in total. The topological polar surface area (TPSA) is 77.9 Å². The maximum Gasteiger partial charge on any atom is 0.356 e. The summed E-state index contributed by atoms with van der Waals surface area (Å²) in [5.41, 5.74) is 0.535. The molecule has 0 radical (unpaired) electrons. The Hall–Kier alpha value is -1.80. The average Bonchev–Trinajstić information content (AvgIpc) is 2.87. The molecule has 0 fully saturated rings. The number of halogens is 1. The van der Waals surface area contributed by atoms with E-state index in [1.807, 2.05) is 0 Å². The molecule has 0 unspecified atom stereocenters. The molecule has 21 heavy (non-hydrogen) atoms. The third kappa shape index (κ3) is 2.81. The number of thiazole rings is 1. The van der Waals surface area contributed by atoms with Crippen molar-refractivity contribution in [1.82, 2.24) is 4.98 Å². The van der Waals surface area contributed by atoms with Gasteiger partial charge in [-0.15, -0.1) is 11.3 Å². The predicted molar refractivity (Wildman–Crippen MR) is 81.9 cm³/mol. The minimum atomic E-state index is -1.11. The molecule has 2 aromatic rings. The van der Waals surface area contributed by atoms with Gasteiger partial charge in [0.05, 0.1) is 26.2 Å². The predicted octanol–water partition coefficient (Wildman–Crippen LogP) is 3.30. The molecule has 2 rings (SSSR count). The number of ether oxygens (including phenoxy) is 3. The lowest BCUT2D eigenvalue weighted by molar-refractivity contribution is 0.0692. The lowest BCUT2D eigenvalue weighted by Crippen LogP contribution is -2.01. The summed E-state index contributed by atoms with van der Waals surface area (Å²) in [5, 5.41) is 9.26. The number of rotatable bonds is 5. The zero-order chi connectivity index (χ0) is 15.6. The van der Waals surface area contributed by atoms with Crippen molar-refractivity contribution in [3.05, 3.63) is 21.7 Å². The monoisotopic (exact) mass is 373 g/mol. The third-order valence-electron chi connectivity index (χ3n) is 2.75. The van der Waals surface area contributed by atoms with Crippen LogP contribution in [0.15, 0.2) is 16.0 Å². The summed E-state index contributed by atoms with van der Waals surface area (Å²) in [6.45, 7) is 0. The smallest absolute Gasteiger partial charge is 0.356 e. The van der Waals surface area contributed by atoms with Gasteiger partial charge < -0.3 is 19.3 Å². The van der Waals surface area contributed by atoms with Crippen molar-refractivity contribution in [2.75, 3.05) is 21.3 Å². The summed E-state index contributed by atoms with van der Waals surface area (Å²) in [5.74, 6) is 0.191. The summed E-state index contributed by atoms with van der Waals surface area (Å²) in [6, 6.07) is 3.41. The second-order valence-electron chi connectivity index (χ2n) is 3.83. The van der Waals surface area contributed by atoms with E-state index in [4.69, 9.17) is 14.2 Å². The van der Waals surface area contributed by atoms with Crippen molar-refractivity contribution in [2.45, 2.75) is 0 Å². The maximum atomic E-state index is 11.3. The largest absolute Gasteiger partial charge is 0.493 e. The van der Waals surface area contributed by atoms with Crippen LogP contribution < -0.4 is 14.2 Å². The number of carboxylic acids is 1. The zero-order valence-corrected chi connectivity index (χ0v) is 13.9. The van der Waals surface area contributed by atoms with Crippen molar-refractivity contribution in [2.24, 2.45) is 0 Å². The second-order valence-corrected chi connectivity index (χ2v) is 6.11. The molecule has 8 heteroatoms. The number of carbonyl (C=O) groups is 1. The highest BCUT2D eigenvalue weighted by molar-refractivity contribution is 9.11. The van der Waals surface area contributed by atoms with E-state index in [1.54, 1.807) is 12.1 Å². The van der Waals surface area contributed by atoms with Gasteiger partial charge in [-0.25, -0.2) is 9.78 Å². The van der Waals surface area contributed by atoms with Gasteiger partial charge in [0, 0.05) is 5.56 Å². The van der Waals surface area contributed by atoms with E-state index in [9.17, 15) is 9.90 Å². The number of hydrogen-bond donors (Lipinski definition) is 1. The Labute approximate surface area is 133 Å². The van der Waals surface area contributed by atoms with Crippen LogP contribution in [0.3, 0.4) is 0 Å². The Morgan fingerprint density at radius 1 is 1.19 bits per heavy atom. The van der Waals surface area contributed by atoms with Gasteiger partial charge in [-0.2, -0.15) is 0 Å². The normalized spacial score (nSPS) is 10.3. The van der Waals surface area contributed by atoms with E-state index in [1.165, 1.54) is 32.7 Å². The minimum absolute atomic E-state index is 0.0441. The molecule has 0 saturated carbocycles. The van der Waals surface area contributed by atoms with Gasteiger partial charge in [0.2, 0.25) is 5.75 Å². The molecule has 6 nitrogen and oxygen atoms in total. The fraction of sp³-hybridized carbons (Fsp3) is 0.231. The van der Waals surface area contributed by atoms with Crippen LogP contribution in [0.2, 0.25) is 0 Å². The van der Waals surface area contributed by atoms with Gasteiger partial charge in [-0.1, -0.05) is 0 Å². The van der Waals surface area contributed by atoms with Crippen molar-refractivity contribution in [1.29, 1.82) is 0 Å². The summed E-state index contributed by atoms with van der Waals surface area (Å²) in [4.78, 5) is 15.8. The van der Waals surface area contributed by atoms with Crippen molar-refractivity contribution >= 4 is 33.2 Å². The number of aromatic nitrogens is 1. The summed E-state index contributed by atoms with van der Waals surface area (Å²) >= 11 is 4.41. The number of aromatic carboxylic acids is 1. The SMILES string of the molecule is COc1ccc(-c2sc(Br)nc2C(=O)O)c(OC)c1OC. The zero-order valence-electron chi connectivity index (χ0n) is 11.5. The molecule has 0 aliphatic heterocycles. The summed E-state index contributed by atoms with van der Waals surface area (Å²) in [7, 11) is 4.49. The standard InChI is InChI=1S/C13H12BrNO5S/c1-18-7-5-4-6(9(19-2)10(7)20-3)11-8(12(16)17)15-13(14)21-11/h4-5H,1-3H3,(H,16,17). The van der Waals surface area contributed by atoms with Crippen molar-refractivity contribution in [3.63, 3.8) is 0 Å². The van der Waals surface area contributed by atoms with E-state index in [2.05, 4.69) is 20.9 Å². The fourth-order valence-electron chi connectivity index (χ4n) is 1.90. The van der Waals surface area contributed by atoms with Crippen LogP contribution in [-0.4, -0.2) is 37.4 Å². The number of benzene rings is 1. The third-order valence-corrected chi connectivity index (χ3v) is 4.29. The average molecular weight is 374 g/mol. The Bertz CT molecular complexity index is 685. The first-order valence-corrected chi connectivity index (χ1v) is 7.33. The Balaban J connectivity index is 2.72. The Morgan fingerprint density at radius 2 is 1.86 bits per heavy atom. The van der Waals surface area contributed by atoms with Gasteiger partial charge in [0.15, 0.2) is 21.1 Å². The molecular formula is C13H12BrNO5S. The van der Waals surface area contributed by atoms with Crippen LogP contribution in [0.4, 0.5) is 0 Å². The molecule has 1 aromatic heterocycles. The summed E-state index contributed by atoms with van der Waals surface area (Å²) < 4.78 is 16.4. The van der Waals surface area contributed by atoms with Crippen LogP contribution in [0.5, 0.6) is 17.2 Å². The number of nitrogens with zero attached hydrogens (tertiary/aromatic N) is 1. The van der Waals surface area contributed by atoms with Crippen LogP contribution in [-0.2, 0) is 0 Å². The lowest BCUT2D eigenvalue weighted by atomic mass is 10.1. The van der Waals surface area contributed by atoms with Gasteiger partial charge in [0.25, 0.3) is 0 Å². The van der Waals surface area contributed by atoms with Gasteiger partial charge in [-0.05, 0) is 28.1 Å². The Kier molecular flexibility index (Phi) is 4.69. The highest BCUT2D eigenvalue weighted by Gasteiger charge is 2.24. The first kappa shape index (κ1) is 15.6.